The van der Waals surface area contributed by atoms with Gasteiger partial charge in [-0.1, -0.05) is 40.5 Å². The first-order valence-corrected chi connectivity index (χ1v) is 8.97. The van der Waals surface area contributed by atoms with Gasteiger partial charge in [-0.3, -0.25) is 0 Å². The largest absolute Gasteiger partial charge is 0.382 e. The van der Waals surface area contributed by atoms with Gasteiger partial charge in [0.2, 0.25) is 0 Å². The Labute approximate surface area is 137 Å². The van der Waals surface area contributed by atoms with Crippen molar-refractivity contribution < 1.29 is 0 Å². The number of aryl methyl sites for hydroxylation is 1. The van der Waals surface area contributed by atoms with E-state index in [9.17, 15) is 0 Å². The van der Waals surface area contributed by atoms with E-state index in [1.165, 1.54) is 19.3 Å². The van der Waals surface area contributed by atoms with Crippen LogP contribution in [0.25, 0.3) is 11.2 Å². The Morgan fingerprint density at radius 1 is 1.30 bits per heavy atom. The predicted octanol–water partition coefficient (Wildman–Crippen LogP) is 3.60. The van der Waals surface area contributed by atoms with Crippen LogP contribution >= 0.6 is 0 Å². The second-order valence-corrected chi connectivity index (χ2v) is 7.91. The standard InChI is InChI=1S/C18H27N5/c1-5-7-10-11-8-12(14(10)18(11,3)4)23-9-20-15-16(19)21-13(6-2)22-17(15)23/h9-12,14H,5-8H2,1-4H3,(H2,19,21,22)/t10?,11?,12?,14-/m0/s1. The highest BCUT2D eigenvalue weighted by atomic mass is 15.2. The first kappa shape index (κ1) is 14.9. The van der Waals surface area contributed by atoms with E-state index in [-0.39, 0.29) is 0 Å². The molecule has 2 bridgehead atoms. The lowest BCUT2D eigenvalue weighted by molar-refractivity contribution is -0.0474. The van der Waals surface area contributed by atoms with Gasteiger partial charge in [-0.25, -0.2) is 15.0 Å². The summed E-state index contributed by atoms with van der Waals surface area (Å²) in [6, 6.07) is 0.510. The maximum atomic E-state index is 6.09. The van der Waals surface area contributed by atoms with Crippen molar-refractivity contribution in [2.24, 2.45) is 23.2 Å². The number of anilines is 1. The van der Waals surface area contributed by atoms with E-state index in [0.29, 0.717) is 17.3 Å². The van der Waals surface area contributed by atoms with Gasteiger partial charge in [0.15, 0.2) is 11.5 Å². The minimum atomic E-state index is 0.438. The fourth-order valence-corrected chi connectivity index (χ4v) is 5.54. The van der Waals surface area contributed by atoms with Crippen molar-refractivity contribution in [3.63, 3.8) is 0 Å². The van der Waals surface area contributed by atoms with Gasteiger partial charge in [0.25, 0.3) is 0 Å². The van der Waals surface area contributed by atoms with Crippen molar-refractivity contribution in [1.29, 1.82) is 0 Å². The number of rotatable bonds is 4. The van der Waals surface area contributed by atoms with Crippen molar-refractivity contribution in [2.75, 3.05) is 5.73 Å². The predicted molar refractivity (Wildman–Crippen MR) is 91.9 cm³/mol. The molecule has 5 heteroatoms. The van der Waals surface area contributed by atoms with E-state index in [1.54, 1.807) is 0 Å². The zero-order chi connectivity index (χ0) is 16.4. The van der Waals surface area contributed by atoms with Crippen LogP contribution in [0.3, 0.4) is 0 Å². The number of nitrogens with zero attached hydrogens (tertiary/aromatic N) is 4. The lowest BCUT2D eigenvalue weighted by Crippen LogP contribution is -2.47. The van der Waals surface area contributed by atoms with E-state index in [1.807, 2.05) is 6.33 Å². The van der Waals surface area contributed by atoms with Crippen molar-refractivity contribution in [2.45, 2.75) is 59.4 Å². The summed E-state index contributed by atoms with van der Waals surface area (Å²) >= 11 is 0. The number of nitrogen functional groups attached to an aromatic ring is 1. The summed E-state index contributed by atoms with van der Waals surface area (Å²) in [5.74, 6) is 3.75. The summed E-state index contributed by atoms with van der Waals surface area (Å²) in [6.45, 7) is 9.24. The number of aromatic nitrogens is 4. The van der Waals surface area contributed by atoms with Crippen LogP contribution in [0.4, 0.5) is 5.82 Å². The smallest absolute Gasteiger partial charge is 0.166 e. The minimum absolute atomic E-state index is 0.438. The highest BCUT2D eigenvalue weighted by molar-refractivity contribution is 5.81. The first-order chi connectivity index (χ1) is 11.0. The van der Waals surface area contributed by atoms with Gasteiger partial charge in [-0.15, -0.1) is 0 Å². The summed E-state index contributed by atoms with van der Waals surface area (Å²) in [5, 5.41) is 0. The zero-order valence-corrected chi connectivity index (χ0v) is 14.6. The van der Waals surface area contributed by atoms with Gasteiger partial charge >= 0.3 is 0 Å². The summed E-state index contributed by atoms with van der Waals surface area (Å²) < 4.78 is 2.30. The average Bonchev–Trinajstić information content (AvgIpc) is 3.17. The van der Waals surface area contributed by atoms with Crippen LogP contribution in [-0.2, 0) is 6.42 Å². The third-order valence-electron chi connectivity index (χ3n) is 6.49. The minimum Gasteiger partial charge on any atom is -0.382 e. The molecule has 2 heterocycles. The molecule has 4 atom stereocenters. The van der Waals surface area contributed by atoms with Crippen molar-refractivity contribution >= 4 is 17.0 Å². The third kappa shape index (κ3) is 1.88. The lowest BCUT2D eigenvalue weighted by atomic mass is 9.52. The van der Waals surface area contributed by atoms with Gasteiger partial charge in [0, 0.05) is 12.5 Å². The molecule has 2 aromatic heterocycles. The highest BCUT2D eigenvalue weighted by Crippen LogP contribution is 2.70. The second kappa shape index (κ2) is 4.92. The molecule has 124 valence electrons. The average molecular weight is 313 g/mol. The van der Waals surface area contributed by atoms with Gasteiger partial charge < -0.3 is 10.3 Å². The molecule has 23 heavy (non-hydrogen) atoms. The van der Waals surface area contributed by atoms with E-state index < -0.39 is 0 Å². The van der Waals surface area contributed by atoms with Crippen LogP contribution in [0.1, 0.15) is 58.8 Å². The van der Waals surface area contributed by atoms with E-state index in [2.05, 4.69) is 42.2 Å². The zero-order valence-electron chi connectivity index (χ0n) is 14.6. The van der Waals surface area contributed by atoms with E-state index >= 15 is 0 Å². The number of imidazole rings is 1. The van der Waals surface area contributed by atoms with Gasteiger partial charge in [0.1, 0.15) is 11.3 Å². The summed E-state index contributed by atoms with van der Waals surface area (Å²) in [4.78, 5) is 13.6. The second-order valence-electron chi connectivity index (χ2n) is 7.91. The Morgan fingerprint density at radius 3 is 2.78 bits per heavy atom. The fourth-order valence-electron chi connectivity index (χ4n) is 5.54. The Kier molecular flexibility index (Phi) is 3.19. The molecule has 3 saturated carbocycles. The van der Waals surface area contributed by atoms with Crippen molar-refractivity contribution in [3.8, 4) is 0 Å². The summed E-state index contributed by atoms with van der Waals surface area (Å²) in [5.41, 5.74) is 8.22. The Bertz CT molecular complexity index is 747. The van der Waals surface area contributed by atoms with Crippen molar-refractivity contribution in [3.05, 3.63) is 12.2 Å². The van der Waals surface area contributed by atoms with Crippen LogP contribution in [0, 0.1) is 23.2 Å². The molecule has 5 rings (SSSR count). The maximum Gasteiger partial charge on any atom is 0.166 e. The molecule has 3 aliphatic rings. The first-order valence-electron chi connectivity index (χ1n) is 8.97. The quantitative estimate of drug-likeness (QED) is 0.936. The SMILES string of the molecule is CCCC1C2CC(n3cnc4c(N)nc(CC)nc43)[C@H]1C2(C)C. The van der Waals surface area contributed by atoms with Gasteiger partial charge in [-0.05, 0) is 29.6 Å². The molecular formula is C18H27N5. The molecule has 0 aliphatic heterocycles. The molecule has 2 aromatic rings. The van der Waals surface area contributed by atoms with Crippen LogP contribution in [-0.4, -0.2) is 19.5 Å². The van der Waals surface area contributed by atoms with Crippen LogP contribution in [0.15, 0.2) is 6.33 Å². The molecule has 3 aliphatic carbocycles. The molecule has 5 nitrogen and oxygen atoms in total. The summed E-state index contributed by atoms with van der Waals surface area (Å²) in [7, 11) is 0. The third-order valence-corrected chi connectivity index (χ3v) is 6.49. The fraction of sp³-hybridized carbons (Fsp3) is 0.722. The number of hydrogen-bond acceptors (Lipinski definition) is 4. The number of nitrogens with two attached hydrogens (primary N) is 1. The van der Waals surface area contributed by atoms with Gasteiger partial charge in [0.05, 0.1) is 6.33 Å². The maximum absolute atomic E-state index is 6.09. The Hall–Kier alpha value is -1.65. The highest BCUT2D eigenvalue weighted by Gasteiger charge is 2.64. The van der Waals surface area contributed by atoms with Crippen LogP contribution in [0.5, 0.6) is 0 Å². The Balaban J connectivity index is 1.77. The molecule has 2 N–H and O–H groups in total. The normalized spacial score (nSPS) is 31.5. The molecule has 3 fully saturated rings. The van der Waals surface area contributed by atoms with E-state index in [0.717, 1.165) is 41.2 Å². The summed E-state index contributed by atoms with van der Waals surface area (Å²) in [6.07, 6.45) is 6.62. The molecule has 3 unspecified atom stereocenters. The molecule has 0 aromatic carbocycles. The molecule has 0 amide bonds. The topological polar surface area (TPSA) is 69.6 Å². The van der Waals surface area contributed by atoms with Crippen molar-refractivity contribution in [1.82, 2.24) is 19.5 Å². The molecule has 0 radical (unpaired) electrons. The number of fused-ring (bicyclic) bond motifs is 2. The monoisotopic (exact) mass is 313 g/mol. The Morgan fingerprint density at radius 2 is 2.09 bits per heavy atom. The van der Waals surface area contributed by atoms with Gasteiger partial charge in [-0.2, -0.15) is 0 Å². The van der Waals surface area contributed by atoms with Crippen LogP contribution < -0.4 is 5.73 Å². The van der Waals surface area contributed by atoms with E-state index in [4.69, 9.17) is 10.7 Å². The number of hydrogen-bond donors (Lipinski definition) is 1. The molecule has 0 saturated heterocycles. The molecule has 0 spiro atoms. The molecular weight excluding hydrogens is 286 g/mol. The lowest BCUT2D eigenvalue weighted by Gasteiger charge is -2.53. The van der Waals surface area contributed by atoms with Crippen LogP contribution in [0.2, 0.25) is 0 Å².